The Morgan fingerprint density at radius 2 is 2.13 bits per heavy atom. The van der Waals surface area contributed by atoms with Gasteiger partial charge in [0.25, 0.3) is 0 Å². The van der Waals surface area contributed by atoms with Crippen molar-refractivity contribution in [3.05, 3.63) is 35.9 Å². The first kappa shape index (κ1) is 17.8. The summed E-state index contributed by atoms with van der Waals surface area (Å²) in [6.07, 6.45) is 4.50. The van der Waals surface area contributed by atoms with Crippen molar-refractivity contribution in [2.45, 2.75) is 52.2 Å². The first-order valence-electron chi connectivity index (χ1n) is 8.84. The molecule has 0 aliphatic carbocycles. The lowest BCUT2D eigenvalue weighted by Gasteiger charge is -2.32. The third-order valence-corrected chi connectivity index (χ3v) is 4.32. The standard InChI is InChI=1S/C19H30N2O2/c1-16(2)20-12-6-10-17-11-7-13-21(14-17)19(22)23-15-18-8-4-3-5-9-18/h3-5,8-9,16-17,20H,6-7,10-15H2,1-2H3. The van der Waals surface area contributed by atoms with Crippen LogP contribution in [0.5, 0.6) is 0 Å². The molecule has 1 aromatic rings. The number of rotatable bonds is 7. The number of amides is 1. The van der Waals surface area contributed by atoms with Crippen LogP contribution in [0.1, 0.15) is 45.1 Å². The lowest BCUT2D eigenvalue weighted by Crippen LogP contribution is -2.40. The Bertz CT molecular complexity index is 462. The van der Waals surface area contributed by atoms with Gasteiger partial charge in [0.05, 0.1) is 0 Å². The van der Waals surface area contributed by atoms with E-state index in [1.54, 1.807) is 0 Å². The van der Waals surface area contributed by atoms with E-state index < -0.39 is 0 Å². The molecule has 0 spiro atoms. The number of likely N-dealkylation sites (tertiary alicyclic amines) is 1. The van der Waals surface area contributed by atoms with Gasteiger partial charge < -0.3 is 15.0 Å². The van der Waals surface area contributed by atoms with Crippen LogP contribution in [0.25, 0.3) is 0 Å². The van der Waals surface area contributed by atoms with Gasteiger partial charge in [0.15, 0.2) is 0 Å². The molecule has 0 saturated carbocycles. The summed E-state index contributed by atoms with van der Waals surface area (Å²) in [5.41, 5.74) is 1.04. The van der Waals surface area contributed by atoms with Crippen LogP contribution in [0.2, 0.25) is 0 Å². The molecule has 128 valence electrons. The molecule has 23 heavy (non-hydrogen) atoms. The highest BCUT2D eigenvalue weighted by atomic mass is 16.6. The van der Waals surface area contributed by atoms with Gasteiger partial charge in [-0.2, -0.15) is 0 Å². The van der Waals surface area contributed by atoms with E-state index in [2.05, 4.69) is 19.2 Å². The second kappa shape index (κ2) is 9.56. The maximum absolute atomic E-state index is 12.2. The Labute approximate surface area is 140 Å². The van der Waals surface area contributed by atoms with Gasteiger partial charge in [-0.1, -0.05) is 44.2 Å². The first-order chi connectivity index (χ1) is 11.1. The summed E-state index contributed by atoms with van der Waals surface area (Å²) >= 11 is 0. The van der Waals surface area contributed by atoms with Gasteiger partial charge in [-0.15, -0.1) is 0 Å². The summed E-state index contributed by atoms with van der Waals surface area (Å²) in [6.45, 7) is 7.44. The van der Waals surface area contributed by atoms with Gasteiger partial charge in [-0.05, 0) is 43.7 Å². The molecule has 1 aromatic carbocycles. The molecule has 0 bridgehead atoms. The number of nitrogens with one attached hydrogen (secondary N) is 1. The van der Waals surface area contributed by atoms with E-state index in [-0.39, 0.29) is 6.09 Å². The zero-order valence-corrected chi connectivity index (χ0v) is 14.5. The molecular weight excluding hydrogens is 288 g/mol. The molecule has 1 heterocycles. The molecule has 0 aromatic heterocycles. The lowest BCUT2D eigenvalue weighted by molar-refractivity contribution is 0.0777. The molecule has 1 aliphatic rings. The maximum Gasteiger partial charge on any atom is 0.410 e. The predicted octanol–water partition coefficient (Wildman–Crippen LogP) is 3.81. The van der Waals surface area contributed by atoms with Crippen molar-refractivity contribution in [3.8, 4) is 0 Å². The first-order valence-corrected chi connectivity index (χ1v) is 8.84. The third-order valence-electron chi connectivity index (χ3n) is 4.32. The topological polar surface area (TPSA) is 41.6 Å². The second-order valence-corrected chi connectivity index (χ2v) is 6.75. The summed E-state index contributed by atoms with van der Waals surface area (Å²) in [5, 5.41) is 3.45. The minimum atomic E-state index is -0.168. The van der Waals surface area contributed by atoms with E-state index in [0.29, 0.717) is 18.6 Å². The van der Waals surface area contributed by atoms with Crippen LogP contribution < -0.4 is 5.32 Å². The van der Waals surface area contributed by atoms with E-state index in [1.807, 2.05) is 35.2 Å². The summed E-state index contributed by atoms with van der Waals surface area (Å²) < 4.78 is 5.45. The summed E-state index contributed by atoms with van der Waals surface area (Å²) in [5.74, 6) is 0.613. The molecule has 2 rings (SSSR count). The average molecular weight is 318 g/mol. The molecule has 1 N–H and O–H groups in total. The average Bonchev–Trinajstić information content (AvgIpc) is 2.57. The van der Waals surface area contributed by atoms with E-state index in [1.165, 1.54) is 19.3 Å². The Morgan fingerprint density at radius 3 is 2.87 bits per heavy atom. The molecule has 1 saturated heterocycles. The molecule has 4 nitrogen and oxygen atoms in total. The van der Waals surface area contributed by atoms with Gasteiger partial charge in [-0.3, -0.25) is 0 Å². The number of carbonyl (C=O) groups excluding carboxylic acids is 1. The fourth-order valence-corrected chi connectivity index (χ4v) is 3.06. The van der Waals surface area contributed by atoms with E-state index in [4.69, 9.17) is 4.74 Å². The van der Waals surface area contributed by atoms with Crippen LogP contribution in [-0.2, 0) is 11.3 Å². The van der Waals surface area contributed by atoms with Crippen molar-refractivity contribution < 1.29 is 9.53 Å². The van der Waals surface area contributed by atoms with Crippen molar-refractivity contribution >= 4 is 6.09 Å². The molecule has 1 unspecified atom stereocenters. The lowest BCUT2D eigenvalue weighted by atomic mass is 9.93. The van der Waals surface area contributed by atoms with Crippen LogP contribution in [-0.4, -0.2) is 36.7 Å². The van der Waals surface area contributed by atoms with E-state index >= 15 is 0 Å². The number of carbonyl (C=O) groups is 1. The highest BCUT2D eigenvalue weighted by molar-refractivity contribution is 5.67. The number of piperidine rings is 1. The summed E-state index contributed by atoms with van der Waals surface area (Å²) in [7, 11) is 0. The minimum Gasteiger partial charge on any atom is -0.445 e. The second-order valence-electron chi connectivity index (χ2n) is 6.75. The summed E-state index contributed by atoms with van der Waals surface area (Å²) in [6, 6.07) is 10.4. The van der Waals surface area contributed by atoms with Crippen molar-refractivity contribution in [3.63, 3.8) is 0 Å². The fraction of sp³-hybridized carbons (Fsp3) is 0.632. The monoisotopic (exact) mass is 318 g/mol. The van der Waals surface area contributed by atoms with Crippen LogP contribution in [0, 0.1) is 5.92 Å². The van der Waals surface area contributed by atoms with Crippen molar-refractivity contribution in [1.82, 2.24) is 10.2 Å². The Morgan fingerprint density at radius 1 is 1.35 bits per heavy atom. The number of ether oxygens (including phenoxy) is 1. The normalized spacial score (nSPS) is 18.2. The number of hydrogen-bond acceptors (Lipinski definition) is 3. The smallest absolute Gasteiger partial charge is 0.410 e. The minimum absolute atomic E-state index is 0.168. The number of hydrogen-bond donors (Lipinski definition) is 1. The van der Waals surface area contributed by atoms with Crippen LogP contribution in [0.4, 0.5) is 4.79 Å². The van der Waals surface area contributed by atoms with Gasteiger partial charge >= 0.3 is 6.09 Å². The fourth-order valence-electron chi connectivity index (χ4n) is 3.06. The quantitative estimate of drug-likeness (QED) is 0.777. The molecule has 4 heteroatoms. The van der Waals surface area contributed by atoms with Gasteiger partial charge in [0.2, 0.25) is 0 Å². The van der Waals surface area contributed by atoms with Crippen LogP contribution in [0.15, 0.2) is 30.3 Å². The molecule has 1 atom stereocenters. The van der Waals surface area contributed by atoms with Crippen molar-refractivity contribution in [2.24, 2.45) is 5.92 Å². The van der Waals surface area contributed by atoms with Crippen molar-refractivity contribution in [2.75, 3.05) is 19.6 Å². The SMILES string of the molecule is CC(C)NCCCC1CCCN(C(=O)OCc2ccccc2)C1. The highest BCUT2D eigenvalue weighted by Crippen LogP contribution is 2.21. The molecule has 0 radical (unpaired) electrons. The molecule has 1 amide bonds. The summed E-state index contributed by atoms with van der Waals surface area (Å²) in [4.78, 5) is 14.1. The Balaban J connectivity index is 1.69. The Hall–Kier alpha value is -1.55. The van der Waals surface area contributed by atoms with E-state index in [0.717, 1.165) is 31.6 Å². The zero-order chi connectivity index (χ0) is 16.5. The predicted molar refractivity (Wildman–Crippen MR) is 93.3 cm³/mol. The maximum atomic E-state index is 12.2. The van der Waals surface area contributed by atoms with Gasteiger partial charge in [0.1, 0.15) is 6.61 Å². The largest absolute Gasteiger partial charge is 0.445 e. The Kier molecular flexibility index (Phi) is 7.40. The van der Waals surface area contributed by atoms with Crippen LogP contribution >= 0.6 is 0 Å². The highest BCUT2D eigenvalue weighted by Gasteiger charge is 2.24. The van der Waals surface area contributed by atoms with Crippen LogP contribution in [0.3, 0.4) is 0 Å². The number of benzene rings is 1. The molecule has 1 fully saturated rings. The van der Waals surface area contributed by atoms with Crippen molar-refractivity contribution in [1.29, 1.82) is 0 Å². The van der Waals surface area contributed by atoms with Gasteiger partial charge in [-0.25, -0.2) is 4.79 Å². The third kappa shape index (κ3) is 6.61. The molecule has 1 aliphatic heterocycles. The van der Waals surface area contributed by atoms with E-state index in [9.17, 15) is 4.79 Å². The molecular formula is C19H30N2O2. The zero-order valence-electron chi connectivity index (χ0n) is 14.5. The number of nitrogens with zero attached hydrogens (tertiary/aromatic N) is 1. The van der Waals surface area contributed by atoms with Gasteiger partial charge in [0, 0.05) is 19.1 Å².